The summed E-state index contributed by atoms with van der Waals surface area (Å²) in [6.07, 6.45) is 1.83. The number of alkyl halides is 3. The van der Waals surface area contributed by atoms with Crippen molar-refractivity contribution >= 4 is 0 Å². The van der Waals surface area contributed by atoms with Crippen molar-refractivity contribution in [1.29, 1.82) is 0 Å². The van der Waals surface area contributed by atoms with Crippen LogP contribution < -0.4 is 5.32 Å². The van der Waals surface area contributed by atoms with E-state index in [0.717, 1.165) is 12.8 Å². The fourth-order valence-electron chi connectivity index (χ4n) is 1.31. The molecule has 0 aliphatic heterocycles. The third-order valence-corrected chi connectivity index (χ3v) is 1.95. The zero-order valence-electron chi connectivity index (χ0n) is 7.81. The minimum Gasteiger partial charge on any atom is -0.371 e. The molecule has 0 saturated heterocycles. The number of hydrogen-bond donors (Lipinski definition) is 1. The maximum Gasteiger partial charge on any atom is 0.411 e. The van der Waals surface area contributed by atoms with Gasteiger partial charge >= 0.3 is 6.18 Å². The van der Waals surface area contributed by atoms with Crippen LogP contribution >= 0.6 is 0 Å². The van der Waals surface area contributed by atoms with E-state index in [1.807, 2.05) is 0 Å². The normalized spacial score (nSPS) is 17.9. The second-order valence-corrected chi connectivity index (χ2v) is 3.26. The highest BCUT2D eigenvalue weighted by Gasteiger charge is 2.27. The molecule has 82 valence electrons. The lowest BCUT2D eigenvalue weighted by atomic mass is 10.2. The number of hydrogen-bond acceptors (Lipinski definition) is 2. The summed E-state index contributed by atoms with van der Waals surface area (Å²) in [7, 11) is 0. The number of halogens is 3. The first-order valence-electron chi connectivity index (χ1n) is 4.61. The fraction of sp³-hybridized carbons (Fsp3) is 0.778. The monoisotopic (exact) mass is 209 g/mol. The van der Waals surface area contributed by atoms with Gasteiger partial charge in [0.2, 0.25) is 0 Å². The van der Waals surface area contributed by atoms with Crippen LogP contribution in [0, 0.1) is 0 Å². The average molecular weight is 209 g/mol. The molecule has 1 aliphatic carbocycles. The van der Waals surface area contributed by atoms with Crippen LogP contribution in [0.3, 0.4) is 0 Å². The molecule has 0 unspecified atom stereocenters. The molecule has 0 radical (unpaired) electrons. The van der Waals surface area contributed by atoms with Gasteiger partial charge in [-0.15, -0.1) is 0 Å². The summed E-state index contributed by atoms with van der Waals surface area (Å²) in [4.78, 5) is 0. The lowest BCUT2D eigenvalue weighted by Crippen LogP contribution is -2.30. The molecule has 1 rings (SSSR count). The van der Waals surface area contributed by atoms with E-state index in [4.69, 9.17) is 0 Å². The molecule has 0 bridgehead atoms. The van der Waals surface area contributed by atoms with Crippen LogP contribution in [0.15, 0.2) is 12.2 Å². The van der Waals surface area contributed by atoms with Crippen LogP contribution in [-0.2, 0) is 4.74 Å². The summed E-state index contributed by atoms with van der Waals surface area (Å²) >= 11 is 0. The first-order valence-corrected chi connectivity index (χ1v) is 4.61. The van der Waals surface area contributed by atoms with Crippen molar-refractivity contribution in [3.63, 3.8) is 0 Å². The van der Waals surface area contributed by atoms with E-state index in [1.54, 1.807) is 0 Å². The van der Waals surface area contributed by atoms with Gasteiger partial charge in [-0.3, -0.25) is 0 Å². The largest absolute Gasteiger partial charge is 0.411 e. The van der Waals surface area contributed by atoms with E-state index in [9.17, 15) is 13.2 Å². The van der Waals surface area contributed by atoms with Crippen LogP contribution in [0.4, 0.5) is 13.2 Å². The second kappa shape index (κ2) is 5.36. The van der Waals surface area contributed by atoms with Gasteiger partial charge in [-0.05, 0) is 12.8 Å². The van der Waals surface area contributed by atoms with E-state index in [0.29, 0.717) is 12.6 Å². The minimum absolute atomic E-state index is 0.107. The van der Waals surface area contributed by atoms with Gasteiger partial charge in [-0.1, -0.05) is 12.2 Å². The van der Waals surface area contributed by atoms with Crippen molar-refractivity contribution in [2.24, 2.45) is 0 Å². The summed E-state index contributed by atoms with van der Waals surface area (Å²) in [5.41, 5.74) is 0. The smallest absolute Gasteiger partial charge is 0.371 e. The summed E-state index contributed by atoms with van der Waals surface area (Å²) in [6.45, 7) is -0.573. The molecule has 2 nitrogen and oxygen atoms in total. The first kappa shape index (κ1) is 11.5. The Morgan fingerprint density at radius 1 is 1.29 bits per heavy atom. The molecular formula is C9H14F3NO. The molecule has 0 fully saturated rings. The highest BCUT2D eigenvalue weighted by Crippen LogP contribution is 2.14. The topological polar surface area (TPSA) is 21.3 Å². The first-order chi connectivity index (χ1) is 6.58. The van der Waals surface area contributed by atoms with E-state index < -0.39 is 12.8 Å². The lowest BCUT2D eigenvalue weighted by Gasteiger charge is -2.12. The number of ether oxygens (including phenoxy) is 1. The quantitative estimate of drug-likeness (QED) is 0.551. The van der Waals surface area contributed by atoms with Gasteiger partial charge in [0.25, 0.3) is 0 Å². The molecule has 0 amide bonds. The summed E-state index contributed by atoms with van der Waals surface area (Å²) in [6, 6.07) is 0.379. The highest BCUT2D eigenvalue weighted by molar-refractivity contribution is 4.97. The molecule has 0 aromatic carbocycles. The Kier molecular flexibility index (Phi) is 4.41. The third kappa shape index (κ3) is 5.24. The molecule has 1 N–H and O–H groups in total. The number of rotatable bonds is 5. The van der Waals surface area contributed by atoms with E-state index in [1.165, 1.54) is 0 Å². The zero-order valence-corrected chi connectivity index (χ0v) is 7.81. The molecule has 0 heterocycles. The molecule has 0 aromatic heterocycles. The third-order valence-electron chi connectivity index (χ3n) is 1.95. The second-order valence-electron chi connectivity index (χ2n) is 3.26. The fourth-order valence-corrected chi connectivity index (χ4v) is 1.31. The van der Waals surface area contributed by atoms with Crippen molar-refractivity contribution < 1.29 is 17.9 Å². The molecule has 1 aliphatic rings. The van der Waals surface area contributed by atoms with Gasteiger partial charge in [-0.2, -0.15) is 13.2 Å². The maximum absolute atomic E-state index is 11.6. The molecular weight excluding hydrogens is 195 g/mol. The maximum atomic E-state index is 11.6. The predicted molar refractivity (Wildman–Crippen MR) is 47.0 cm³/mol. The Labute approximate surface area is 81.1 Å². The van der Waals surface area contributed by atoms with E-state index in [2.05, 4.69) is 22.2 Å². The van der Waals surface area contributed by atoms with Crippen molar-refractivity contribution in [3.05, 3.63) is 12.2 Å². The zero-order chi connectivity index (χ0) is 10.4. The highest BCUT2D eigenvalue weighted by atomic mass is 19.4. The molecule has 0 aromatic rings. The molecule has 14 heavy (non-hydrogen) atoms. The predicted octanol–water partition coefficient (Wildman–Crippen LogP) is 1.87. The Morgan fingerprint density at radius 3 is 2.50 bits per heavy atom. The molecule has 0 atom stereocenters. The van der Waals surface area contributed by atoms with Crippen molar-refractivity contribution in [2.75, 3.05) is 19.8 Å². The van der Waals surface area contributed by atoms with Crippen molar-refractivity contribution in [3.8, 4) is 0 Å². The van der Waals surface area contributed by atoms with Gasteiger partial charge in [0.1, 0.15) is 6.61 Å². The van der Waals surface area contributed by atoms with Crippen LogP contribution in [0.2, 0.25) is 0 Å². The average Bonchev–Trinajstić information content (AvgIpc) is 2.54. The summed E-state index contributed by atoms with van der Waals surface area (Å²) < 4.78 is 39.3. The van der Waals surface area contributed by atoms with Gasteiger partial charge in [0.05, 0.1) is 6.61 Å². The Morgan fingerprint density at radius 2 is 1.93 bits per heavy atom. The Balaban J connectivity index is 1.89. The van der Waals surface area contributed by atoms with Gasteiger partial charge < -0.3 is 10.1 Å². The van der Waals surface area contributed by atoms with Gasteiger partial charge in [0.15, 0.2) is 0 Å². The Bertz CT molecular complexity index is 183. The van der Waals surface area contributed by atoms with E-state index in [-0.39, 0.29) is 6.61 Å². The van der Waals surface area contributed by atoms with Gasteiger partial charge in [-0.25, -0.2) is 0 Å². The summed E-state index contributed by atoms with van der Waals surface area (Å²) in [5, 5.41) is 3.11. The summed E-state index contributed by atoms with van der Waals surface area (Å²) in [5.74, 6) is 0. The molecule has 0 spiro atoms. The molecule has 0 saturated carbocycles. The Hall–Kier alpha value is -0.550. The lowest BCUT2D eigenvalue weighted by molar-refractivity contribution is -0.173. The van der Waals surface area contributed by atoms with Crippen LogP contribution in [0.1, 0.15) is 12.8 Å². The minimum atomic E-state index is -4.21. The van der Waals surface area contributed by atoms with Crippen LogP contribution in [-0.4, -0.2) is 32.0 Å². The van der Waals surface area contributed by atoms with E-state index >= 15 is 0 Å². The number of nitrogens with one attached hydrogen (secondary N) is 1. The standard InChI is InChI=1S/C9H14F3NO/c10-9(11,12)7-14-6-5-13-8-3-1-2-4-8/h1-2,8,13H,3-7H2. The van der Waals surface area contributed by atoms with Crippen molar-refractivity contribution in [1.82, 2.24) is 5.32 Å². The SMILES string of the molecule is FC(F)(F)COCCNC1CC=CC1. The van der Waals surface area contributed by atoms with Crippen LogP contribution in [0.5, 0.6) is 0 Å². The van der Waals surface area contributed by atoms with Crippen LogP contribution in [0.25, 0.3) is 0 Å². The van der Waals surface area contributed by atoms with Crippen molar-refractivity contribution in [2.45, 2.75) is 25.1 Å². The molecule has 5 heteroatoms. The van der Waals surface area contributed by atoms with Gasteiger partial charge in [0, 0.05) is 12.6 Å².